The van der Waals surface area contributed by atoms with Gasteiger partial charge in [0.1, 0.15) is 6.29 Å². The molecule has 0 aromatic carbocycles. The summed E-state index contributed by atoms with van der Waals surface area (Å²) >= 11 is 0. The van der Waals surface area contributed by atoms with Crippen molar-refractivity contribution in [2.24, 2.45) is 0 Å². The number of aliphatic hydroxyl groups is 1. The van der Waals surface area contributed by atoms with Gasteiger partial charge in [-0.1, -0.05) is 12.8 Å². The van der Waals surface area contributed by atoms with Gasteiger partial charge in [0.25, 0.3) is 0 Å². The monoisotopic (exact) mass is 159 g/mol. The minimum atomic E-state index is 0.0638. The average molecular weight is 159 g/mol. The molecular formula is C8H17NO2. The highest BCUT2D eigenvalue weighted by atomic mass is 16.3. The summed E-state index contributed by atoms with van der Waals surface area (Å²) in [4.78, 5) is 9.89. The van der Waals surface area contributed by atoms with Gasteiger partial charge in [-0.2, -0.15) is 0 Å². The number of hydrogen-bond donors (Lipinski definition) is 2. The first-order valence-corrected chi connectivity index (χ1v) is 4.17. The fraction of sp³-hybridized carbons (Fsp3) is 0.875. The van der Waals surface area contributed by atoms with Gasteiger partial charge in [-0.3, -0.25) is 5.32 Å². The Morgan fingerprint density at radius 3 is 2.55 bits per heavy atom. The molecule has 2 N–H and O–H groups in total. The van der Waals surface area contributed by atoms with E-state index in [-0.39, 0.29) is 6.73 Å². The lowest BCUT2D eigenvalue weighted by Crippen LogP contribution is -2.15. The molecule has 0 saturated heterocycles. The van der Waals surface area contributed by atoms with E-state index in [1.807, 2.05) is 0 Å². The van der Waals surface area contributed by atoms with Crippen LogP contribution in [0, 0.1) is 0 Å². The number of aldehydes is 1. The molecule has 66 valence electrons. The van der Waals surface area contributed by atoms with Gasteiger partial charge >= 0.3 is 0 Å². The number of unbranched alkanes of at least 4 members (excludes halogenated alkanes) is 4. The van der Waals surface area contributed by atoms with Crippen molar-refractivity contribution in [1.82, 2.24) is 5.32 Å². The summed E-state index contributed by atoms with van der Waals surface area (Å²) in [5, 5.41) is 11.2. The Labute approximate surface area is 67.8 Å². The topological polar surface area (TPSA) is 49.3 Å². The molecule has 3 heteroatoms. The van der Waals surface area contributed by atoms with Crippen molar-refractivity contribution >= 4 is 6.29 Å². The normalized spacial score (nSPS) is 9.91. The lowest BCUT2D eigenvalue weighted by atomic mass is 10.1. The minimum Gasteiger partial charge on any atom is -0.381 e. The molecule has 0 aliphatic carbocycles. The zero-order valence-electron chi connectivity index (χ0n) is 6.88. The fourth-order valence-corrected chi connectivity index (χ4v) is 0.910. The Balaban J connectivity index is 2.74. The third kappa shape index (κ3) is 9.59. The Bertz CT molecular complexity index is 86.2. The summed E-state index contributed by atoms with van der Waals surface area (Å²) in [6, 6.07) is 0. The zero-order chi connectivity index (χ0) is 8.36. The van der Waals surface area contributed by atoms with Crippen molar-refractivity contribution in [3.8, 4) is 0 Å². The van der Waals surface area contributed by atoms with E-state index in [1.54, 1.807) is 0 Å². The highest BCUT2D eigenvalue weighted by Crippen LogP contribution is 2.00. The first-order chi connectivity index (χ1) is 5.41. The van der Waals surface area contributed by atoms with Crippen molar-refractivity contribution in [2.45, 2.75) is 32.1 Å². The fourth-order valence-electron chi connectivity index (χ4n) is 0.910. The van der Waals surface area contributed by atoms with Crippen molar-refractivity contribution in [3.63, 3.8) is 0 Å². The number of nitrogens with one attached hydrogen (secondary N) is 1. The first-order valence-electron chi connectivity index (χ1n) is 4.17. The second kappa shape index (κ2) is 9.59. The molecule has 11 heavy (non-hydrogen) atoms. The minimum absolute atomic E-state index is 0.0638. The van der Waals surface area contributed by atoms with Gasteiger partial charge in [-0.15, -0.1) is 0 Å². The maximum Gasteiger partial charge on any atom is 0.119 e. The predicted molar refractivity (Wildman–Crippen MR) is 44.2 cm³/mol. The van der Waals surface area contributed by atoms with E-state index in [0.29, 0.717) is 6.42 Å². The summed E-state index contributed by atoms with van der Waals surface area (Å²) in [6.07, 6.45) is 5.99. The maximum absolute atomic E-state index is 9.89. The van der Waals surface area contributed by atoms with Crippen LogP contribution in [0.25, 0.3) is 0 Å². The second-order valence-electron chi connectivity index (χ2n) is 2.53. The predicted octanol–water partition coefficient (Wildman–Crippen LogP) is 0.675. The van der Waals surface area contributed by atoms with E-state index in [9.17, 15) is 4.79 Å². The van der Waals surface area contributed by atoms with E-state index in [2.05, 4.69) is 5.32 Å². The van der Waals surface area contributed by atoms with Gasteiger partial charge in [0.15, 0.2) is 0 Å². The van der Waals surface area contributed by atoms with Crippen LogP contribution in [-0.4, -0.2) is 24.7 Å². The SMILES string of the molecule is O=CCCCCCCNCO. The van der Waals surface area contributed by atoms with Crippen LogP contribution in [0.4, 0.5) is 0 Å². The van der Waals surface area contributed by atoms with Gasteiger partial charge in [-0.25, -0.2) is 0 Å². The summed E-state index contributed by atoms with van der Waals surface area (Å²) in [5.74, 6) is 0. The van der Waals surface area contributed by atoms with Crippen molar-refractivity contribution in [1.29, 1.82) is 0 Å². The maximum atomic E-state index is 9.89. The molecule has 0 aromatic heterocycles. The molecule has 0 unspecified atom stereocenters. The third-order valence-corrected chi connectivity index (χ3v) is 1.54. The number of aliphatic hydroxyl groups excluding tert-OH is 1. The Morgan fingerprint density at radius 1 is 1.18 bits per heavy atom. The quantitative estimate of drug-likeness (QED) is 0.311. The van der Waals surface area contributed by atoms with E-state index in [1.165, 1.54) is 0 Å². The van der Waals surface area contributed by atoms with Gasteiger partial charge in [0.05, 0.1) is 6.73 Å². The Hall–Kier alpha value is -0.410. The summed E-state index contributed by atoms with van der Waals surface area (Å²) in [7, 11) is 0. The molecule has 0 bridgehead atoms. The van der Waals surface area contributed by atoms with E-state index < -0.39 is 0 Å². The third-order valence-electron chi connectivity index (χ3n) is 1.54. The first kappa shape index (κ1) is 10.6. The number of carbonyl (C=O) groups is 1. The molecule has 0 aliphatic heterocycles. The van der Waals surface area contributed by atoms with Crippen LogP contribution in [0.2, 0.25) is 0 Å². The molecule has 0 atom stereocenters. The molecule has 0 spiro atoms. The van der Waals surface area contributed by atoms with Crippen LogP contribution in [0.5, 0.6) is 0 Å². The molecule has 0 fully saturated rings. The Morgan fingerprint density at radius 2 is 1.91 bits per heavy atom. The molecule has 0 amide bonds. The lowest BCUT2D eigenvalue weighted by Gasteiger charge is -1.99. The van der Waals surface area contributed by atoms with Crippen molar-refractivity contribution in [2.75, 3.05) is 13.3 Å². The largest absolute Gasteiger partial charge is 0.381 e. The van der Waals surface area contributed by atoms with Gasteiger partial charge in [-0.05, 0) is 19.4 Å². The summed E-state index contributed by atoms with van der Waals surface area (Å²) in [6.45, 7) is 0.936. The second-order valence-corrected chi connectivity index (χ2v) is 2.53. The zero-order valence-corrected chi connectivity index (χ0v) is 6.88. The molecule has 0 aliphatic rings. The molecule has 0 aromatic rings. The summed E-state index contributed by atoms with van der Waals surface area (Å²) < 4.78 is 0. The summed E-state index contributed by atoms with van der Waals surface area (Å²) in [5.41, 5.74) is 0. The van der Waals surface area contributed by atoms with Crippen LogP contribution >= 0.6 is 0 Å². The van der Waals surface area contributed by atoms with Crippen LogP contribution in [0.15, 0.2) is 0 Å². The number of hydrogen-bond acceptors (Lipinski definition) is 3. The standard InChI is InChI=1S/C8H17NO2/c10-7-5-3-1-2-4-6-9-8-11/h7,9,11H,1-6,8H2. The van der Waals surface area contributed by atoms with Crippen LogP contribution in [0.1, 0.15) is 32.1 Å². The van der Waals surface area contributed by atoms with Crippen molar-refractivity contribution < 1.29 is 9.90 Å². The number of carbonyl (C=O) groups excluding carboxylic acids is 1. The van der Waals surface area contributed by atoms with E-state index in [0.717, 1.165) is 38.5 Å². The van der Waals surface area contributed by atoms with Gasteiger partial charge in [0.2, 0.25) is 0 Å². The molecule has 0 saturated carbocycles. The van der Waals surface area contributed by atoms with Crippen LogP contribution < -0.4 is 5.32 Å². The number of rotatable bonds is 8. The lowest BCUT2D eigenvalue weighted by molar-refractivity contribution is -0.107. The van der Waals surface area contributed by atoms with Crippen LogP contribution in [-0.2, 0) is 4.79 Å². The van der Waals surface area contributed by atoms with E-state index in [4.69, 9.17) is 5.11 Å². The van der Waals surface area contributed by atoms with Crippen molar-refractivity contribution in [3.05, 3.63) is 0 Å². The average Bonchev–Trinajstić information content (AvgIpc) is 2.03. The molecule has 3 nitrogen and oxygen atoms in total. The molecular weight excluding hydrogens is 142 g/mol. The molecule has 0 radical (unpaired) electrons. The van der Waals surface area contributed by atoms with Gasteiger partial charge < -0.3 is 9.90 Å². The molecule has 0 rings (SSSR count). The smallest absolute Gasteiger partial charge is 0.119 e. The van der Waals surface area contributed by atoms with E-state index >= 15 is 0 Å². The highest BCUT2D eigenvalue weighted by molar-refractivity contribution is 5.48. The van der Waals surface area contributed by atoms with Crippen LogP contribution in [0.3, 0.4) is 0 Å². The molecule has 0 heterocycles. The van der Waals surface area contributed by atoms with Gasteiger partial charge in [0, 0.05) is 6.42 Å². The Kier molecular flexibility index (Phi) is 9.23. The highest BCUT2D eigenvalue weighted by Gasteiger charge is 1.88.